The predicted molar refractivity (Wildman–Crippen MR) is 87.8 cm³/mol. The van der Waals surface area contributed by atoms with Crippen molar-refractivity contribution in [2.24, 2.45) is 0 Å². The number of para-hydroxylation sites is 1. The van der Waals surface area contributed by atoms with Crippen molar-refractivity contribution in [3.8, 4) is 5.75 Å². The fourth-order valence-corrected chi connectivity index (χ4v) is 2.01. The van der Waals surface area contributed by atoms with Gasteiger partial charge in [0, 0.05) is 23.5 Å². The fraction of sp³-hybridized carbons (Fsp3) is 0.188. The second-order valence-corrected chi connectivity index (χ2v) is 4.87. The molecule has 120 valence electrons. The number of methoxy groups -OCH3 is 1. The zero-order chi connectivity index (χ0) is 16.8. The second-order valence-electron chi connectivity index (χ2n) is 4.87. The minimum absolute atomic E-state index is 0.126. The maximum Gasteiger partial charge on any atom is 0.311 e. The van der Waals surface area contributed by atoms with Crippen LogP contribution < -0.4 is 15.4 Å². The number of nitro groups is 1. The SMILES string of the molecule is COc1cc(NC(C)C(=O)Nc2ccccc2)ccc1[N+](=O)[O-]. The number of nitrogens with zero attached hydrogens (tertiary/aromatic N) is 1. The van der Waals surface area contributed by atoms with Crippen LogP contribution in [0.5, 0.6) is 5.75 Å². The van der Waals surface area contributed by atoms with E-state index in [0.717, 1.165) is 0 Å². The Labute approximate surface area is 133 Å². The van der Waals surface area contributed by atoms with Gasteiger partial charge >= 0.3 is 5.69 Å². The number of hydrogen-bond donors (Lipinski definition) is 2. The van der Waals surface area contributed by atoms with Crippen LogP contribution in [0.25, 0.3) is 0 Å². The van der Waals surface area contributed by atoms with Crippen molar-refractivity contribution in [3.63, 3.8) is 0 Å². The lowest BCUT2D eigenvalue weighted by Crippen LogP contribution is -2.31. The molecule has 2 aromatic carbocycles. The molecule has 1 amide bonds. The molecule has 0 saturated carbocycles. The van der Waals surface area contributed by atoms with E-state index in [4.69, 9.17) is 4.74 Å². The highest BCUT2D eigenvalue weighted by Gasteiger charge is 2.17. The second kappa shape index (κ2) is 7.26. The van der Waals surface area contributed by atoms with Crippen molar-refractivity contribution in [1.82, 2.24) is 0 Å². The number of carbonyl (C=O) groups excluding carboxylic acids is 1. The molecule has 0 aromatic heterocycles. The Balaban J connectivity index is 2.06. The van der Waals surface area contributed by atoms with Crippen molar-refractivity contribution in [1.29, 1.82) is 0 Å². The first kappa shape index (κ1) is 16.3. The number of anilines is 2. The number of nitrogens with one attached hydrogen (secondary N) is 2. The fourth-order valence-electron chi connectivity index (χ4n) is 2.01. The average Bonchev–Trinajstić information content (AvgIpc) is 2.55. The van der Waals surface area contributed by atoms with Crippen molar-refractivity contribution < 1.29 is 14.5 Å². The highest BCUT2D eigenvalue weighted by atomic mass is 16.6. The minimum Gasteiger partial charge on any atom is -0.490 e. The van der Waals surface area contributed by atoms with Crippen LogP contribution in [0, 0.1) is 10.1 Å². The molecule has 1 atom stereocenters. The van der Waals surface area contributed by atoms with Gasteiger partial charge in [-0.15, -0.1) is 0 Å². The van der Waals surface area contributed by atoms with E-state index in [1.807, 2.05) is 18.2 Å². The molecule has 7 nitrogen and oxygen atoms in total. The minimum atomic E-state index is -0.527. The van der Waals surface area contributed by atoms with Gasteiger partial charge in [0.1, 0.15) is 6.04 Å². The Kier molecular flexibility index (Phi) is 5.14. The lowest BCUT2D eigenvalue weighted by atomic mass is 10.2. The lowest BCUT2D eigenvalue weighted by Gasteiger charge is -2.16. The number of benzene rings is 2. The van der Waals surface area contributed by atoms with Crippen LogP contribution in [0.3, 0.4) is 0 Å². The summed E-state index contributed by atoms with van der Waals surface area (Å²) in [5.41, 5.74) is 1.13. The first-order valence-corrected chi connectivity index (χ1v) is 6.96. The molecular formula is C16H17N3O4. The molecule has 0 saturated heterocycles. The van der Waals surface area contributed by atoms with Crippen molar-refractivity contribution >= 4 is 23.0 Å². The number of nitro benzene ring substituents is 1. The first-order chi connectivity index (χ1) is 11.0. The van der Waals surface area contributed by atoms with E-state index in [1.54, 1.807) is 19.1 Å². The van der Waals surface area contributed by atoms with Crippen LogP contribution in [0.4, 0.5) is 17.1 Å². The van der Waals surface area contributed by atoms with Crippen molar-refractivity contribution in [2.45, 2.75) is 13.0 Å². The van der Waals surface area contributed by atoms with Gasteiger partial charge in [0.25, 0.3) is 0 Å². The van der Waals surface area contributed by atoms with Gasteiger partial charge in [0.05, 0.1) is 12.0 Å². The molecule has 0 bridgehead atoms. The third kappa shape index (κ3) is 4.19. The number of rotatable bonds is 6. The molecular weight excluding hydrogens is 298 g/mol. The average molecular weight is 315 g/mol. The van der Waals surface area contributed by atoms with Crippen LogP contribution in [-0.4, -0.2) is 24.0 Å². The number of ether oxygens (including phenoxy) is 1. The van der Waals surface area contributed by atoms with E-state index in [-0.39, 0.29) is 17.3 Å². The molecule has 0 radical (unpaired) electrons. The molecule has 23 heavy (non-hydrogen) atoms. The first-order valence-electron chi connectivity index (χ1n) is 6.96. The van der Waals surface area contributed by atoms with Gasteiger partial charge in [-0.25, -0.2) is 0 Å². The van der Waals surface area contributed by atoms with Gasteiger partial charge < -0.3 is 15.4 Å². The maximum absolute atomic E-state index is 12.1. The van der Waals surface area contributed by atoms with Crippen LogP contribution in [0.2, 0.25) is 0 Å². The van der Waals surface area contributed by atoms with Crippen LogP contribution in [-0.2, 0) is 4.79 Å². The van der Waals surface area contributed by atoms with Crippen LogP contribution in [0.15, 0.2) is 48.5 Å². The Morgan fingerprint density at radius 2 is 1.87 bits per heavy atom. The van der Waals surface area contributed by atoms with E-state index in [1.165, 1.54) is 25.3 Å². The van der Waals surface area contributed by atoms with E-state index < -0.39 is 11.0 Å². The van der Waals surface area contributed by atoms with Gasteiger partial charge in [-0.05, 0) is 25.1 Å². The van der Waals surface area contributed by atoms with E-state index in [2.05, 4.69) is 10.6 Å². The molecule has 0 aliphatic carbocycles. The molecule has 0 aliphatic heterocycles. The quantitative estimate of drug-likeness (QED) is 0.631. The van der Waals surface area contributed by atoms with E-state index in [9.17, 15) is 14.9 Å². The summed E-state index contributed by atoms with van der Waals surface area (Å²) in [7, 11) is 1.36. The molecule has 0 spiro atoms. The summed E-state index contributed by atoms with van der Waals surface area (Å²) < 4.78 is 5.00. The zero-order valence-corrected chi connectivity index (χ0v) is 12.8. The Bertz CT molecular complexity index is 704. The predicted octanol–water partition coefficient (Wildman–Crippen LogP) is 3.04. The summed E-state index contributed by atoms with van der Waals surface area (Å²) in [5, 5.41) is 16.6. The molecule has 0 heterocycles. The van der Waals surface area contributed by atoms with Crippen molar-refractivity contribution in [2.75, 3.05) is 17.7 Å². The smallest absolute Gasteiger partial charge is 0.311 e. The molecule has 1 unspecified atom stereocenters. The molecule has 2 rings (SSSR count). The lowest BCUT2D eigenvalue weighted by molar-refractivity contribution is -0.385. The molecule has 2 N–H and O–H groups in total. The Morgan fingerprint density at radius 3 is 2.48 bits per heavy atom. The topological polar surface area (TPSA) is 93.5 Å². The van der Waals surface area contributed by atoms with Crippen molar-refractivity contribution in [3.05, 3.63) is 58.6 Å². The summed E-state index contributed by atoms with van der Waals surface area (Å²) in [6.07, 6.45) is 0. The van der Waals surface area contributed by atoms with Gasteiger partial charge in [-0.3, -0.25) is 14.9 Å². The highest BCUT2D eigenvalue weighted by molar-refractivity contribution is 5.96. The van der Waals surface area contributed by atoms with Gasteiger partial charge in [-0.2, -0.15) is 0 Å². The van der Waals surface area contributed by atoms with Crippen LogP contribution >= 0.6 is 0 Å². The van der Waals surface area contributed by atoms with Gasteiger partial charge in [0.15, 0.2) is 5.75 Å². The standard InChI is InChI=1S/C16H17N3O4/c1-11(16(20)18-12-6-4-3-5-7-12)17-13-8-9-14(19(21)22)15(10-13)23-2/h3-11,17H,1-2H3,(H,18,20). The molecule has 2 aromatic rings. The molecule has 0 fully saturated rings. The highest BCUT2D eigenvalue weighted by Crippen LogP contribution is 2.29. The number of amides is 1. The normalized spacial score (nSPS) is 11.4. The maximum atomic E-state index is 12.1. The third-order valence-corrected chi connectivity index (χ3v) is 3.19. The largest absolute Gasteiger partial charge is 0.490 e. The number of carbonyl (C=O) groups is 1. The summed E-state index contributed by atoms with van der Waals surface area (Å²) >= 11 is 0. The van der Waals surface area contributed by atoms with E-state index in [0.29, 0.717) is 11.4 Å². The summed E-state index contributed by atoms with van der Waals surface area (Å²) in [4.78, 5) is 22.5. The van der Waals surface area contributed by atoms with Crippen LogP contribution in [0.1, 0.15) is 6.92 Å². The van der Waals surface area contributed by atoms with Gasteiger partial charge in [-0.1, -0.05) is 18.2 Å². The number of hydrogen-bond acceptors (Lipinski definition) is 5. The monoisotopic (exact) mass is 315 g/mol. The Hall–Kier alpha value is -3.09. The third-order valence-electron chi connectivity index (χ3n) is 3.19. The Morgan fingerprint density at radius 1 is 1.17 bits per heavy atom. The van der Waals surface area contributed by atoms with Gasteiger partial charge in [0.2, 0.25) is 5.91 Å². The summed E-state index contributed by atoms with van der Waals surface area (Å²) in [5.74, 6) is -0.0795. The molecule has 7 heteroatoms. The summed E-state index contributed by atoms with van der Waals surface area (Å²) in [6, 6.07) is 12.9. The van der Waals surface area contributed by atoms with E-state index >= 15 is 0 Å². The molecule has 0 aliphatic rings. The zero-order valence-electron chi connectivity index (χ0n) is 12.8. The summed E-state index contributed by atoms with van der Waals surface area (Å²) in [6.45, 7) is 1.70.